The first-order valence-corrected chi connectivity index (χ1v) is 7.53. The molecule has 2 fully saturated rings. The zero-order valence-electron chi connectivity index (χ0n) is 12.0. The highest BCUT2D eigenvalue weighted by atomic mass is 15.2. The van der Waals surface area contributed by atoms with Crippen LogP contribution in [-0.4, -0.2) is 37.1 Å². The lowest BCUT2D eigenvalue weighted by Crippen LogP contribution is -2.48. The molecule has 0 amide bonds. The summed E-state index contributed by atoms with van der Waals surface area (Å²) in [5, 5.41) is 3.72. The molecule has 2 unspecified atom stereocenters. The van der Waals surface area contributed by atoms with Gasteiger partial charge in [0.05, 0.1) is 0 Å². The lowest BCUT2D eigenvalue weighted by atomic mass is 9.85. The van der Waals surface area contributed by atoms with Gasteiger partial charge < -0.3 is 10.2 Å². The van der Waals surface area contributed by atoms with Crippen molar-refractivity contribution >= 4 is 0 Å². The van der Waals surface area contributed by atoms with Crippen LogP contribution in [0.2, 0.25) is 0 Å². The third-order valence-electron chi connectivity index (χ3n) is 4.82. The van der Waals surface area contributed by atoms with Crippen LogP contribution >= 0.6 is 0 Å². The second-order valence-corrected chi connectivity index (χ2v) is 7.00. The molecule has 0 spiro atoms. The van der Waals surface area contributed by atoms with Crippen LogP contribution in [0.25, 0.3) is 0 Å². The second kappa shape index (κ2) is 5.71. The van der Waals surface area contributed by atoms with Gasteiger partial charge in [-0.2, -0.15) is 0 Å². The molecular weight excluding hydrogens is 208 g/mol. The maximum atomic E-state index is 3.72. The molecule has 2 heteroatoms. The molecule has 1 N–H and O–H groups in total. The summed E-state index contributed by atoms with van der Waals surface area (Å²) in [6, 6.07) is 0.741. The van der Waals surface area contributed by atoms with Gasteiger partial charge in [0.15, 0.2) is 0 Å². The van der Waals surface area contributed by atoms with E-state index in [1.807, 2.05) is 0 Å². The van der Waals surface area contributed by atoms with Crippen molar-refractivity contribution in [2.24, 2.45) is 11.3 Å². The molecule has 0 aromatic heterocycles. The fourth-order valence-electron chi connectivity index (χ4n) is 3.30. The first-order chi connectivity index (χ1) is 8.07. The van der Waals surface area contributed by atoms with Crippen LogP contribution in [-0.2, 0) is 0 Å². The number of piperidine rings is 1. The molecule has 100 valence electrons. The summed E-state index contributed by atoms with van der Waals surface area (Å²) in [4.78, 5) is 2.70. The van der Waals surface area contributed by atoms with Gasteiger partial charge >= 0.3 is 0 Å². The summed E-state index contributed by atoms with van der Waals surface area (Å²) in [6.07, 6.45) is 6.93. The third kappa shape index (κ3) is 3.96. The molecule has 0 bridgehead atoms. The zero-order valence-corrected chi connectivity index (χ0v) is 12.0. The van der Waals surface area contributed by atoms with Crippen molar-refractivity contribution in [3.8, 4) is 0 Å². The summed E-state index contributed by atoms with van der Waals surface area (Å²) in [5.41, 5.74) is 0.570. The van der Waals surface area contributed by atoms with Crippen molar-refractivity contribution in [3.63, 3.8) is 0 Å². The van der Waals surface area contributed by atoms with E-state index < -0.39 is 0 Å². The summed E-state index contributed by atoms with van der Waals surface area (Å²) in [6.45, 7) is 12.4. The normalized spacial score (nSPS) is 35.5. The molecule has 0 aliphatic carbocycles. The number of rotatable bonds is 2. The van der Waals surface area contributed by atoms with Crippen molar-refractivity contribution in [1.82, 2.24) is 10.2 Å². The lowest BCUT2D eigenvalue weighted by Gasteiger charge is -2.34. The SMILES string of the molecule is CC1CCCNC1CN1CCCC(C)(C)CC1. The second-order valence-electron chi connectivity index (χ2n) is 7.00. The highest BCUT2D eigenvalue weighted by Gasteiger charge is 2.27. The van der Waals surface area contributed by atoms with Gasteiger partial charge in [0.2, 0.25) is 0 Å². The minimum atomic E-state index is 0.570. The van der Waals surface area contributed by atoms with Crippen molar-refractivity contribution in [2.45, 2.75) is 58.9 Å². The fourth-order valence-corrected chi connectivity index (χ4v) is 3.30. The average molecular weight is 238 g/mol. The van der Waals surface area contributed by atoms with Crippen LogP contribution < -0.4 is 5.32 Å². The van der Waals surface area contributed by atoms with Crippen molar-refractivity contribution in [2.75, 3.05) is 26.2 Å². The van der Waals surface area contributed by atoms with Gasteiger partial charge in [-0.05, 0) is 63.1 Å². The van der Waals surface area contributed by atoms with E-state index in [-0.39, 0.29) is 0 Å². The van der Waals surface area contributed by atoms with Crippen molar-refractivity contribution in [1.29, 1.82) is 0 Å². The van der Waals surface area contributed by atoms with Crippen LogP contribution in [0.5, 0.6) is 0 Å². The maximum Gasteiger partial charge on any atom is 0.0220 e. The Hall–Kier alpha value is -0.0800. The van der Waals surface area contributed by atoms with E-state index in [9.17, 15) is 0 Å². The standard InChI is InChI=1S/C15H30N2/c1-13-6-4-9-16-14(13)12-17-10-5-7-15(2,3)8-11-17/h13-14,16H,4-12H2,1-3H3. The van der Waals surface area contributed by atoms with E-state index in [1.165, 1.54) is 58.3 Å². The maximum absolute atomic E-state index is 3.72. The summed E-state index contributed by atoms with van der Waals surface area (Å²) in [7, 11) is 0. The summed E-state index contributed by atoms with van der Waals surface area (Å²) < 4.78 is 0. The third-order valence-corrected chi connectivity index (χ3v) is 4.82. The Labute approximate surface area is 107 Å². The van der Waals surface area contributed by atoms with Gasteiger partial charge in [-0.3, -0.25) is 0 Å². The van der Waals surface area contributed by atoms with Gasteiger partial charge in [0.1, 0.15) is 0 Å². The summed E-state index contributed by atoms with van der Waals surface area (Å²) >= 11 is 0. The number of likely N-dealkylation sites (tertiary alicyclic amines) is 1. The number of nitrogens with one attached hydrogen (secondary N) is 1. The molecule has 2 rings (SSSR count). The lowest BCUT2D eigenvalue weighted by molar-refractivity contribution is 0.189. The molecule has 2 nitrogen and oxygen atoms in total. The molecule has 17 heavy (non-hydrogen) atoms. The topological polar surface area (TPSA) is 15.3 Å². The van der Waals surface area contributed by atoms with Gasteiger partial charge in [0.25, 0.3) is 0 Å². The molecule has 2 atom stereocenters. The van der Waals surface area contributed by atoms with E-state index in [0.29, 0.717) is 5.41 Å². The smallest absolute Gasteiger partial charge is 0.0220 e. The van der Waals surface area contributed by atoms with Gasteiger partial charge in [0, 0.05) is 12.6 Å². The Balaban J connectivity index is 1.82. The molecule has 0 saturated carbocycles. The molecule has 0 aromatic carbocycles. The molecular formula is C15H30N2. The van der Waals surface area contributed by atoms with Crippen molar-refractivity contribution in [3.05, 3.63) is 0 Å². The molecule has 2 aliphatic rings. The Bertz CT molecular complexity index is 237. The Kier molecular flexibility index (Phi) is 4.48. The van der Waals surface area contributed by atoms with Crippen LogP contribution in [0, 0.1) is 11.3 Å². The van der Waals surface area contributed by atoms with E-state index in [1.54, 1.807) is 0 Å². The number of hydrogen-bond acceptors (Lipinski definition) is 2. The van der Waals surface area contributed by atoms with Gasteiger partial charge in [-0.1, -0.05) is 20.8 Å². The molecule has 2 aliphatic heterocycles. The van der Waals surface area contributed by atoms with E-state index in [4.69, 9.17) is 0 Å². The Morgan fingerprint density at radius 1 is 1.18 bits per heavy atom. The minimum Gasteiger partial charge on any atom is -0.312 e. The number of nitrogens with zero attached hydrogens (tertiary/aromatic N) is 1. The predicted octanol–water partition coefficient (Wildman–Crippen LogP) is 2.89. The van der Waals surface area contributed by atoms with Crippen LogP contribution in [0.3, 0.4) is 0 Å². The fraction of sp³-hybridized carbons (Fsp3) is 1.00. The molecule has 2 saturated heterocycles. The van der Waals surface area contributed by atoms with E-state index >= 15 is 0 Å². The quantitative estimate of drug-likeness (QED) is 0.796. The minimum absolute atomic E-state index is 0.570. The van der Waals surface area contributed by atoms with Crippen molar-refractivity contribution < 1.29 is 0 Å². The molecule has 2 heterocycles. The molecule has 0 aromatic rings. The van der Waals surface area contributed by atoms with Gasteiger partial charge in [-0.15, -0.1) is 0 Å². The number of hydrogen-bond donors (Lipinski definition) is 1. The molecule has 0 radical (unpaired) electrons. The first-order valence-electron chi connectivity index (χ1n) is 7.53. The summed E-state index contributed by atoms with van der Waals surface area (Å²) in [5.74, 6) is 0.861. The average Bonchev–Trinajstić information content (AvgIpc) is 2.44. The highest BCUT2D eigenvalue weighted by Crippen LogP contribution is 2.30. The first kappa shape index (κ1) is 13.4. The Morgan fingerprint density at radius 2 is 2.00 bits per heavy atom. The van der Waals surface area contributed by atoms with E-state index in [2.05, 4.69) is 31.0 Å². The largest absolute Gasteiger partial charge is 0.312 e. The van der Waals surface area contributed by atoms with Crippen LogP contribution in [0.4, 0.5) is 0 Å². The Morgan fingerprint density at radius 3 is 2.76 bits per heavy atom. The van der Waals surface area contributed by atoms with Gasteiger partial charge in [-0.25, -0.2) is 0 Å². The monoisotopic (exact) mass is 238 g/mol. The zero-order chi connectivity index (χ0) is 12.3. The highest BCUT2D eigenvalue weighted by molar-refractivity contribution is 4.84. The van der Waals surface area contributed by atoms with Crippen LogP contribution in [0.1, 0.15) is 52.9 Å². The predicted molar refractivity (Wildman–Crippen MR) is 74.3 cm³/mol. The van der Waals surface area contributed by atoms with E-state index in [0.717, 1.165) is 12.0 Å². The van der Waals surface area contributed by atoms with Crippen LogP contribution in [0.15, 0.2) is 0 Å².